The van der Waals surface area contributed by atoms with Gasteiger partial charge in [0, 0.05) is 0 Å². The molecule has 9 heavy (non-hydrogen) atoms. The van der Waals surface area contributed by atoms with E-state index in [0.29, 0.717) is 0 Å². The van der Waals surface area contributed by atoms with Crippen molar-refractivity contribution in [1.82, 2.24) is 0 Å². The molecule has 0 aromatic heterocycles. The predicted molar refractivity (Wildman–Crippen MR) is 29.5 cm³/mol. The maximum absolute atomic E-state index is 10.8. The van der Waals surface area contributed by atoms with Crippen LogP contribution in [-0.4, -0.2) is 18.5 Å². The molecule has 0 radical (unpaired) electrons. The number of Topliss-reactive ketones (excluding diaryl/α,β-unsaturated/α-hetero) is 1. The molecule has 0 saturated carbocycles. The van der Waals surface area contributed by atoms with Crippen molar-refractivity contribution in [3.63, 3.8) is 0 Å². The Labute approximate surface area is 53.2 Å². The van der Waals surface area contributed by atoms with Gasteiger partial charge >= 0.3 is 0 Å². The summed E-state index contributed by atoms with van der Waals surface area (Å²) in [7, 11) is 0. The minimum absolute atomic E-state index is 0.0856. The first-order valence-corrected chi connectivity index (χ1v) is 2.80. The average Bonchev–Trinajstić information content (AvgIpc) is 2.15. The van der Waals surface area contributed by atoms with E-state index in [2.05, 4.69) is 0 Å². The summed E-state index contributed by atoms with van der Waals surface area (Å²) in [6.45, 7) is 1.94. The first-order chi connectivity index (χ1) is 4.25. The van der Waals surface area contributed by atoms with Crippen LogP contribution in [-0.2, 0) is 9.53 Å². The van der Waals surface area contributed by atoms with Gasteiger partial charge in [-0.25, -0.2) is 0 Å². The van der Waals surface area contributed by atoms with Crippen molar-refractivity contribution in [2.24, 2.45) is 5.92 Å². The Hall–Kier alpha value is -0.880. The summed E-state index contributed by atoms with van der Waals surface area (Å²) >= 11 is 0. The van der Waals surface area contributed by atoms with Crippen molar-refractivity contribution < 1.29 is 9.53 Å². The van der Waals surface area contributed by atoms with Crippen LogP contribution in [0.15, 0.2) is 0 Å². The van der Waals surface area contributed by atoms with Crippen molar-refractivity contribution in [1.29, 1.82) is 5.26 Å². The largest absolute Gasteiger partial charge is 0.369 e. The zero-order valence-electron chi connectivity index (χ0n) is 5.13. The van der Waals surface area contributed by atoms with Gasteiger partial charge < -0.3 is 4.74 Å². The molecule has 0 bridgehead atoms. The number of carbonyl (C=O) groups excluding carboxylic acids is 1. The third-order valence-corrected chi connectivity index (χ3v) is 1.41. The molecule has 0 aliphatic carbocycles. The number of carbonyl (C=O) groups is 1. The van der Waals surface area contributed by atoms with Gasteiger partial charge in [0.1, 0.15) is 12.0 Å². The molecule has 1 saturated heterocycles. The molecule has 3 nitrogen and oxygen atoms in total. The molecule has 2 unspecified atom stereocenters. The number of ketones is 1. The van der Waals surface area contributed by atoms with E-state index < -0.39 is 5.92 Å². The topological polar surface area (TPSA) is 50.1 Å². The monoisotopic (exact) mass is 125 g/mol. The number of hydrogen-bond acceptors (Lipinski definition) is 3. The van der Waals surface area contributed by atoms with Gasteiger partial charge in [-0.15, -0.1) is 0 Å². The molecule has 1 fully saturated rings. The number of nitriles is 1. The molecule has 1 rings (SSSR count). The fourth-order valence-electron chi connectivity index (χ4n) is 0.789. The van der Waals surface area contributed by atoms with Crippen LogP contribution in [0.25, 0.3) is 0 Å². The van der Waals surface area contributed by atoms with Crippen LogP contribution in [0.3, 0.4) is 0 Å². The molecular formula is C6H7NO2. The summed E-state index contributed by atoms with van der Waals surface area (Å²) in [4.78, 5) is 10.8. The highest BCUT2D eigenvalue weighted by Gasteiger charge is 2.31. The van der Waals surface area contributed by atoms with Crippen LogP contribution < -0.4 is 0 Å². The molecular weight excluding hydrogens is 118 g/mol. The molecule has 1 aliphatic heterocycles. The van der Waals surface area contributed by atoms with Gasteiger partial charge in [-0.3, -0.25) is 4.79 Å². The van der Waals surface area contributed by atoms with Gasteiger partial charge in [0.25, 0.3) is 0 Å². The molecule has 1 heterocycles. The molecule has 0 spiro atoms. The second-order valence-corrected chi connectivity index (χ2v) is 2.06. The normalized spacial score (nSPS) is 34.4. The Balaban J connectivity index is 2.65. The Morgan fingerprint density at radius 1 is 1.89 bits per heavy atom. The van der Waals surface area contributed by atoms with E-state index in [-0.39, 0.29) is 18.5 Å². The first-order valence-electron chi connectivity index (χ1n) is 2.80. The third kappa shape index (κ3) is 0.936. The zero-order valence-corrected chi connectivity index (χ0v) is 5.13. The van der Waals surface area contributed by atoms with E-state index in [1.165, 1.54) is 0 Å². The number of nitrogens with zero attached hydrogens (tertiary/aromatic N) is 1. The van der Waals surface area contributed by atoms with E-state index in [9.17, 15) is 4.79 Å². The van der Waals surface area contributed by atoms with Crippen molar-refractivity contribution >= 4 is 5.78 Å². The maximum atomic E-state index is 10.8. The van der Waals surface area contributed by atoms with Crippen LogP contribution in [0.5, 0.6) is 0 Å². The highest BCUT2D eigenvalue weighted by atomic mass is 16.5. The molecule has 3 heteroatoms. The second kappa shape index (κ2) is 2.16. The van der Waals surface area contributed by atoms with Gasteiger partial charge in [-0.05, 0) is 6.92 Å². The van der Waals surface area contributed by atoms with Gasteiger partial charge in [-0.1, -0.05) is 0 Å². The predicted octanol–water partition coefficient (Wildman–Crippen LogP) is 0.114. The van der Waals surface area contributed by atoms with Gasteiger partial charge in [0.2, 0.25) is 0 Å². The molecule has 2 atom stereocenters. The van der Waals surface area contributed by atoms with E-state index >= 15 is 0 Å². The Morgan fingerprint density at radius 3 is 2.78 bits per heavy atom. The first kappa shape index (κ1) is 6.24. The molecule has 48 valence electrons. The van der Waals surface area contributed by atoms with Crippen LogP contribution in [0.2, 0.25) is 0 Å². The van der Waals surface area contributed by atoms with Gasteiger partial charge in [0.05, 0.1) is 12.7 Å². The molecule has 0 aromatic carbocycles. The summed E-state index contributed by atoms with van der Waals surface area (Å²) in [5, 5.41) is 8.30. The number of hydrogen-bond donors (Lipinski definition) is 0. The van der Waals surface area contributed by atoms with E-state index in [1.807, 2.05) is 6.07 Å². The zero-order chi connectivity index (χ0) is 6.85. The minimum Gasteiger partial charge on any atom is -0.369 e. The van der Waals surface area contributed by atoms with Crippen LogP contribution in [0.4, 0.5) is 0 Å². The van der Waals surface area contributed by atoms with Crippen molar-refractivity contribution in [2.45, 2.75) is 13.0 Å². The minimum atomic E-state index is -0.514. The summed E-state index contributed by atoms with van der Waals surface area (Å²) in [5.74, 6) is -0.600. The standard InChI is InChI=1S/C6H7NO2/c1-4-6(8)5(2-7)3-9-4/h4-5H,3H2,1H3. The average molecular weight is 125 g/mol. The molecule has 0 amide bonds. The smallest absolute Gasteiger partial charge is 0.180 e. The third-order valence-electron chi connectivity index (χ3n) is 1.41. The Bertz CT molecular complexity index is 170. The van der Waals surface area contributed by atoms with Crippen LogP contribution in [0, 0.1) is 17.2 Å². The van der Waals surface area contributed by atoms with Crippen LogP contribution in [0.1, 0.15) is 6.92 Å². The Morgan fingerprint density at radius 2 is 2.56 bits per heavy atom. The molecule has 0 aromatic rings. The summed E-state index contributed by atoms with van der Waals surface area (Å²) in [6, 6.07) is 1.87. The lowest BCUT2D eigenvalue weighted by Gasteiger charge is -1.93. The van der Waals surface area contributed by atoms with Crippen molar-refractivity contribution in [2.75, 3.05) is 6.61 Å². The van der Waals surface area contributed by atoms with E-state index in [0.717, 1.165) is 0 Å². The SMILES string of the molecule is CC1OCC(C#N)C1=O. The number of ether oxygens (including phenoxy) is 1. The summed E-state index contributed by atoms with van der Waals surface area (Å²) < 4.78 is 4.90. The summed E-state index contributed by atoms with van der Waals surface area (Å²) in [5.41, 5.74) is 0. The van der Waals surface area contributed by atoms with Crippen LogP contribution >= 0.6 is 0 Å². The lowest BCUT2D eigenvalue weighted by molar-refractivity contribution is -0.122. The fraction of sp³-hybridized carbons (Fsp3) is 0.667. The summed E-state index contributed by atoms with van der Waals surface area (Å²) in [6.07, 6.45) is -0.366. The maximum Gasteiger partial charge on any atom is 0.180 e. The van der Waals surface area contributed by atoms with Gasteiger partial charge in [0.15, 0.2) is 5.78 Å². The number of rotatable bonds is 0. The quantitative estimate of drug-likeness (QED) is 0.461. The van der Waals surface area contributed by atoms with Crippen molar-refractivity contribution in [3.8, 4) is 6.07 Å². The highest BCUT2D eigenvalue weighted by molar-refractivity contribution is 5.88. The second-order valence-electron chi connectivity index (χ2n) is 2.06. The highest BCUT2D eigenvalue weighted by Crippen LogP contribution is 2.13. The molecule has 0 N–H and O–H groups in total. The lowest BCUT2D eigenvalue weighted by atomic mass is 10.1. The fourth-order valence-corrected chi connectivity index (χ4v) is 0.789. The van der Waals surface area contributed by atoms with Gasteiger partial charge in [-0.2, -0.15) is 5.26 Å². The van der Waals surface area contributed by atoms with E-state index in [4.69, 9.17) is 10.00 Å². The van der Waals surface area contributed by atoms with E-state index in [1.54, 1.807) is 6.92 Å². The molecule has 1 aliphatic rings. The van der Waals surface area contributed by atoms with Crippen molar-refractivity contribution in [3.05, 3.63) is 0 Å². The lowest BCUT2D eigenvalue weighted by Crippen LogP contribution is -2.14. The Kier molecular flexibility index (Phi) is 1.50.